The largest absolute Gasteiger partial charge is 0.494 e. The zero-order chi connectivity index (χ0) is 15.0. The molecule has 3 nitrogen and oxygen atoms in total. The fraction of sp³-hybridized carbons (Fsp3) is 0.467. The molecule has 110 valence electrons. The van der Waals surface area contributed by atoms with Crippen molar-refractivity contribution in [3.05, 3.63) is 29.3 Å². The van der Waals surface area contributed by atoms with E-state index in [-0.39, 0.29) is 11.5 Å². The zero-order valence-corrected chi connectivity index (χ0v) is 13.4. The normalized spacial score (nSPS) is 10.8. The van der Waals surface area contributed by atoms with Crippen LogP contribution in [0.25, 0.3) is 0 Å². The van der Waals surface area contributed by atoms with Crippen LogP contribution in [0.3, 0.4) is 0 Å². The van der Waals surface area contributed by atoms with Crippen LogP contribution in [0, 0.1) is 18.8 Å². The molecular weight excluding hydrogens is 296 g/mol. The van der Waals surface area contributed by atoms with Crippen molar-refractivity contribution in [2.24, 2.45) is 0 Å². The Balaban J connectivity index is 2.52. The number of ether oxygens (including phenoxy) is 1. The van der Waals surface area contributed by atoms with Crippen molar-refractivity contribution in [2.45, 2.75) is 20.3 Å². The van der Waals surface area contributed by atoms with Crippen LogP contribution in [-0.4, -0.2) is 32.4 Å². The number of benzene rings is 1. The van der Waals surface area contributed by atoms with Gasteiger partial charge in [-0.15, -0.1) is 11.6 Å². The van der Waals surface area contributed by atoms with E-state index in [9.17, 15) is 8.42 Å². The maximum atomic E-state index is 11.3. The number of sulfone groups is 1. The van der Waals surface area contributed by atoms with Gasteiger partial charge in [-0.2, -0.15) is 0 Å². The first-order chi connectivity index (χ1) is 9.48. The highest BCUT2D eigenvalue weighted by molar-refractivity contribution is 7.91. The summed E-state index contributed by atoms with van der Waals surface area (Å²) in [6, 6.07) is 5.61. The van der Waals surface area contributed by atoms with Crippen LogP contribution in [0.4, 0.5) is 0 Å². The monoisotopic (exact) mass is 314 g/mol. The van der Waals surface area contributed by atoms with Crippen LogP contribution in [0.2, 0.25) is 0 Å². The molecule has 0 atom stereocenters. The zero-order valence-electron chi connectivity index (χ0n) is 11.8. The van der Waals surface area contributed by atoms with Gasteiger partial charge in [-0.3, -0.25) is 0 Å². The van der Waals surface area contributed by atoms with Crippen molar-refractivity contribution in [3.63, 3.8) is 0 Å². The summed E-state index contributed by atoms with van der Waals surface area (Å²) in [5.41, 5.74) is 1.94. The van der Waals surface area contributed by atoms with Crippen molar-refractivity contribution in [3.8, 4) is 17.6 Å². The van der Waals surface area contributed by atoms with Crippen molar-refractivity contribution in [1.29, 1.82) is 0 Å². The van der Waals surface area contributed by atoms with Gasteiger partial charge in [0.25, 0.3) is 0 Å². The van der Waals surface area contributed by atoms with Crippen LogP contribution in [-0.2, 0) is 9.84 Å². The van der Waals surface area contributed by atoms with Gasteiger partial charge in [0.1, 0.15) is 15.6 Å². The second-order valence-corrected chi connectivity index (χ2v) is 7.09. The Kier molecular flexibility index (Phi) is 6.90. The Hall–Kier alpha value is -1.18. The molecule has 0 heterocycles. The average molecular weight is 315 g/mol. The molecule has 1 rings (SSSR count). The summed E-state index contributed by atoms with van der Waals surface area (Å²) in [7, 11) is -2.91. The second kappa shape index (κ2) is 8.18. The van der Waals surface area contributed by atoms with Gasteiger partial charge in [-0.25, -0.2) is 8.42 Å². The lowest BCUT2D eigenvalue weighted by Crippen LogP contribution is -2.11. The lowest BCUT2D eigenvalue weighted by molar-refractivity contribution is 0.317. The predicted molar refractivity (Wildman–Crippen MR) is 83.2 cm³/mol. The van der Waals surface area contributed by atoms with E-state index in [2.05, 4.69) is 11.8 Å². The summed E-state index contributed by atoms with van der Waals surface area (Å²) in [4.78, 5) is 0. The standard InChI is InChI=1S/C15H19ClO3S/c1-3-20(17,18)11-5-10-19-15-8-7-14(6-4-9-16)13(2)12-15/h7-8,12H,3,5,9-11H2,1-2H3. The Labute approximate surface area is 126 Å². The third-order valence-corrected chi connectivity index (χ3v) is 4.72. The molecule has 0 aliphatic rings. The molecule has 0 saturated carbocycles. The minimum atomic E-state index is -2.91. The maximum Gasteiger partial charge on any atom is 0.150 e. The Bertz CT molecular complexity index is 597. The van der Waals surface area contributed by atoms with Crippen LogP contribution in [0.5, 0.6) is 5.75 Å². The summed E-state index contributed by atoms with van der Waals surface area (Å²) in [6.07, 6.45) is 0.503. The van der Waals surface area contributed by atoms with E-state index in [4.69, 9.17) is 16.3 Å². The molecule has 0 saturated heterocycles. The minimum absolute atomic E-state index is 0.168. The van der Waals surface area contributed by atoms with E-state index in [0.29, 0.717) is 18.9 Å². The summed E-state index contributed by atoms with van der Waals surface area (Å²) in [5, 5.41) is 0. The van der Waals surface area contributed by atoms with Gasteiger partial charge in [-0.1, -0.05) is 18.8 Å². The first-order valence-electron chi connectivity index (χ1n) is 6.47. The summed E-state index contributed by atoms with van der Waals surface area (Å²) >= 11 is 5.52. The quantitative estimate of drug-likeness (QED) is 0.461. The highest BCUT2D eigenvalue weighted by atomic mass is 35.5. The van der Waals surface area contributed by atoms with Gasteiger partial charge in [0, 0.05) is 11.3 Å². The van der Waals surface area contributed by atoms with Gasteiger partial charge < -0.3 is 4.74 Å². The van der Waals surface area contributed by atoms with Gasteiger partial charge >= 0.3 is 0 Å². The fourth-order valence-corrected chi connectivity index (χ4v) is 2.52. The van der Waals surface area contributed by atoms with Gasteiger partial charge in [0.15, 0.2) is 0 Å². The molecular formula is C15H19ClO3S. The molecule has 0 N–H and O–H groups in total. The summed E-state index contributed by atoms with van der Waals surface area (Å²) < 4.78 is 28.2. The molecule has 0 aliphatic heterocycles. The highest BCUT2D eigenvalue weighted by Gasteiger charge is 2.06. The lowest BCUT2D eigenvalue weighted by Gasteiger charge is -2.08. The summed E-state index contributed by atoms with van der Waals surface area (Å²) in [6.45, 7) is 4.00. The highest BCUT2D eigenvalue weighted by Crippen LogP contribution is 2.16. The van der Waals surface area contributed by atoms with Crippen LogP contribution in [0.1, 0.15) is 24.5 Å². The van der Waals surface area contributed by atoms with E-state index in [1.165, 1.54) is 0 Å². The van der Waals surface area contributed by atoms with Gasteiger partial charge in [0.05, 0.1) is 18.2 Å². The molecule has 0 fully saturated rings. The van der Waals surface area contributed by atoms with E-state index < -0.39 is 9.84 Å². The van der Waals surface area contributed by atoms with Crippen LogP contribution < -0.4 is 4.74 Å². The number of aryl methyl sites for hydroxylation is 1. The van der Waals surface area contributed by atoms with Crippen molar-refractivity contribution in [1.82, 2.24) is 0 Å². The second-order valence-electron chi connectivity index (χ2n) is 4.35. The van der Waals surface area contributed by atoms with E-state index in [0.717, 1.165) is 16.9 Å². The van der Waals surface area contributed by atoms with Crippen LogP contribution >= 0.6 is 11.6 Å². The Morgan fingerprint density at radius 2 is 2.10 bits per heavy atom. The van der Waals surface area contributed by atoms with Crippen molar-refractivity contribution in [2.75, 3.05) is 24.0 Å². The predicted octanol–water partition coefficient (Wildman–Crippen LogP) is 2.79. The van der Waals surface area contributed by atoms with E-state index >= 15 is 0 Å². The molecule has 0 bridgehead atoms. The molecule has 20 heavy (non-hydrogen) atoms. The molecule has 1 aromatic carbocycles. The lowest BCUT2D eigenvalue weighted by atomic mass is 10.1. The van der Waals surface area contributed by atoms with Gasteiger partial charge in [0.2, 0.25) is 0 Å². The third-order valence-electron chi connectivity index (χ3n) is 2.80. The molecule has 0 radical (unpaired) electrons. The number of halogens is 1. The maximum absolute atomic E-state index is 11.3. The third kappa shape index (κ3) is 5.85. The van der Waals surface area contributed by atoms with Crippen molar-refractivity contribution < 1.29 is 13.2 Å². The Morgan fingerprint density at radius 3 is 2.70 bits per heavy atom. The topological polar surface area (TPSA) is 43.4 Å². The molecule has 0 aromatic heterocycles. The number of alkyl halides is 1. The average Bonchev–Trinajstić information content (AvgIpc) is 2.43. The number of hydrogen-bond donors (Lipinski definition) is 0. The smallest absolute Gasteiger partial charge is 0.150 e. The molecule has 0 spiro atoms. The first-order valence-corrected chi connectivity index (χ1v) is 8.83. The van der Waals surface area contributed by atoms with E-state index in [1.54, 1.807) is 6.92 Å². The van der Waals surface area contributed by atoms with E-state index in [1.807, 2.05) is 25.1 Å². The molecule has 0 amide bonds. The number of hydrogen-bond acceptors (Lipinski definition) is 3. The minimum Gasteiger partial charge on any atom is -0.494 e. The van der Waals surface area contributed by atoms with Crippen molar-refractivity contribution >= 4 is 21.4 Å². The molecule has 0 unspecified atom stereocenters. The SMILES string of the molecule is CCS(=O)(=O)CCCOc1ccc(C#CCCl)c(C)c1. The molecule has 5 heteroatoms. The number of rotatable bonds is 6. The summed E-state index contributed by atoms with van der Waals surface area (Å²) in [5.74, 6) is 7.16. The fourth-order valence-electron chi connectivity index (χ4n) is 1.61. The first kappa shape index (κ1) is 16.9. The Morgan fingerprint density at radius 1 is 1.35 bits per heavy atom. The molecule has 0 aliphatic carbocycles. The van der Waals surface area contributed by atoms with Crippen LogP contribution in [0.15, 0.2) is 18.2 Å². The van der Waals surface area contributed by atoms with Gasteiger partial charge in [-0.05, 0) is 37.1 Å². The molecule has 1 aromatic rings.